The van der Waals surface area contributed by atoms with E-state index in [0.29, 0.717) is 50.4 Å². The van der Waals surface area contributed by atoms with Crippen molar-refractivity contribution < 1.29 is 28.0 Å². The highest BCUT2D eigenvalue weighted by Gasteiger charge is 2.49. The summed E-state index contributed by atoms with van der Waals surface area (Å²) in [5.74, 6) is -0.806. The number of nitrogens with one attached hydrogen (secondary N) is 1. The maximum Gasteiger partial charge on any atom is 0.245 e. The average Bonchev–Trinajstić information content (AvgIpc) is 3.32. The molecule has 2 aromatic rings. The van der Waals surface area contributed by atoms with Crippen molar-refractivity contribution >= 4 is 51.1 Å². The molecule has 0 aliphatic carbocycles. The molecular weight excluding hydrogens is 514 g/mol. The monoisotopic (exact) mass is 543 g/mol. The fourth-order valence-electron chi connectivity index (χ4n) is 4.74. The molecular formula is C23H30ClN3O6S2. The van der Waals surface area contributed by atoms with Crippen LogP contribution in [0.3, 0.4) is 0 Å². The van der Waals surface area contributed by atoms with Gasteiger partial charge in [0, 0.05) is 29.8 Å². The Balaban J connectivity index is 0.00000342. The van der Waals surface area contributed by atoms with Gasteiger partial charge in [-0.3, -0.25) is 14.8 Å². The van der Waals surface area contributed by atoms with E-state index in [4.69, 9.17) is 9.94 Å². The molecule has 0 radical (unpaired) electrons. The number of halogens is 1. The first-order chi connectivity index (χ1) is 16.3. The van der Waals surface area contributed by atoms with Gasteiger partial charge in [-0.2, -0.15) is 0 Å². The summed E-state index contributed by atoms with van der Waals surface area (Å²) < 4.78 is 30.4. The Morgan fingerprint density at radius 2 is 1.94 bits per heavy atom. The SMILES string of the molecule is CC(=O)N(c1cccc(-c2ccc([C@@]3(CC(=O)NO)CCCCS3(=O)=O)s2)c1)N1CCOCC1.Cl. The number of carbonyl (C=O) groups is 2. The van der Waals surface area contributed by atoms with E-state index >= 15 is 0 Å². The van der Waals surface area contributed by atoms with Crippen molar-refractivity contribution in [1.82, 2.24) is 10.5 Å². The van der Waals surface area contributed by atoms with Crippen LogP contribution in [0.15, 0.2) is 36.4 Å². The maximum atomic E-state index is 13.2. The molecule has 0 spiro atoms. The van der Waals surface area contributed by atoms with Crippen molar-refractivity contribution in [3.63, 3.8) is 0 Å². The Morgan fingerprint density at radius 3 is 2.60 bits per heavy atom. The van der Waals surface area contributed by atoms with E-state index in [-0.39, 0.29) is 30.5 Å². The van der Waals surface area contributed by atoms with Crippen LogP contribution in [0.1, 0.15) is 37.5 Å². The highest BCUT2D eigenvalue weighted by atomic mass is 35.5. The second-order valence-electron chi connectivity index (χ2n) is 8.59. The lowest BCUT2D eigenvalue weighted by Crippen LogP contribution is -2.51. The van der Waals surface area contributed by atoms with Crippen LogP contribution < -0.4 is 10.5 Å². The van der Waals surface area contributed by atoms with E-state index < -0.39 is 20.5 Å². The first kappa shape index (κ1) is 27.6. The third-order valence-electron chi connectivity index (χ3n) is 6.41. The van der Waals surface area contributed by atoms with E-state index in [1.165, 1.54) is 18.3 Å². The molecule has 1 aromatic carbocycles. The van der Waals surface area contributed by atoms with Gasteiger partial charge in [0.1, 0.15) is 4.75 Å². The standard InChI is InChI=1S/C23H29N3O6S2.ClH/c1-17(27)26(25-10-12-32-13-11-25)19-6-4-5-18(15-19)20-7-8-21(33-20)23(16-22(28)24-29)9-2-3-14-34(23,30)31;/h4-8,15,29H,2-3,9-14,16H2,1H3,(H,24,28);1H/t23-;/m0./s1. The second-order valence-corrected chi connectivity index (χ2v) is 12.1. The molecule has 2 aliphatic heterocycles. The number of sulfone groups is 1. The van der Waals surface area contributed by atoms with Crippen molar-refractivity contribution in [2.24, 2.45) is 0 Å². The summed E-state index contributed by atoms with van der Waals surface area (Å²) in [6.07, 6.45) is 1.26. The van der Waals surface area contributed by atoms with Crippen molar-refractivity contribution in [2.75, 3.05) is 37.1 Å². The smallest absolute Gasteiger partial charge is 0.245 e. The molecule has 0 bridgehead atoms. The zero-order chi connectivity index (χ0) is 24.3. The van der Waals surface area contributed by atoms with Gasteiger partial charge in [0.05, 0.1) is 31.1 Å². The minimum atomic E-state index is -3.59. The molecule has 2 fully saturated rings. The molecule has 2 amide bonds. The van der Waals surface area contributed by atoms with Gasteiger partial charge in [0.15, 0.2) is 9.84 Å². The minimum absolute atomic E-state index is 0. The zero-order valence-corrected chi connectivity index (χ0v) is 21.9. The first-order valence-electron chi connectivity index (χ1n) is 11.3. The number of rotatable bonds is 6. The van der Waals surface area contributed by atoms with Crippen LogP contribution in [0.4, 0.5) is 5.69 Å². The van der Waals surface area contributed by atoms with Gasteiger partial charge >= 0.3 is 0 Å². The number of amides is 2. The molecule has 9 nitrogen and oxygen atoms in total. The Labute approximate surface area is 215 Å². The van der Waals surface area contributed by atoms with Crippen molar-refractivity contribution in [3.8, 4) is 10.4 Å². The Hall–Kier alpha value is -2.02. The zero-order valence-electron chi connectivity index (χ0n) is 19.4. The largest absolute Gasteiger partial charge is 0.379 e. The van der Waals surface area contributed by atoms with Crippen LogP contribution in [0, 0.1) is 0 Å². The van der Waals surface area contributed by atoms with E-state index in [1.807, 2.05) is 35.3 Å². The third-order valence-corrected chi connectivity index (χ3v) is 10.5. The number of carbonyl (C=O) groups excluding carboxylic acids is 2. The van der Waals surface area contributed by atoms with Crippen molar-refractivity contribution in [2.45, 2.75) is 37.4 Å². The summed E-state index contributed by atoms with van der Waals surface area (Å²) >= 11 is 1.33. The summed E-state index contributed by atoms with van der Waals surface area (Å²) in [5.41, 5.74) is 3.17. The summed E-state index contributed by atoms with van der Waals surface area (Å²) in [4.78, 5) is 26.0. The molecule has 192 valence electrons. The number of thiophene rings is 1. The number of hydrogen-bond acceptors (Lipinski definition) is 8. The van der Waals surface area contributed by atoms with Gasteiger partial charge in [-0.15, -0.1) is 23.7 Å². The molecule has 3 heterocycles. The molecule has 0 unspecified atom stereocenters. The minimum Gasteiger partial charge on any atom is -0.379 e. The van der Waals surface area contributed by atoms with Crippen molar-refractivity contribution in [1.29, 1.82) is 0 Å². The lowest BCUT2D eigenvalue weighted by Gasteiger charge is -2.36. The normalized spacial score (nSPS) is 22.1. The lowest BCUT2D eigenvalue weighted by molar-refractivity contribution is -0.130. The Morgan fingerprint density at radius 1 is 1.20 bits per heavy atom. The number of anilines is 1. The molecule has 0 saturated carbocycles. The predicted octanol–water partition coefficient (Wildman–Crippen LogP) is 3.13. The first-order valence-corrected chi connectivity index (χ1v) is 13.7. The fraction of sp³-hybridized carbons (Fsp3) is 0.478. The Kier molecular flexibility index (Phi) is 8.95. The number of morpholine rings is 1. The topological polar surface area (TPSA) is 116 Å². The number of hydrazine groups is 1. The molecule has 1 aromatic heterocycles. The van der Waals surface area contributed by atoms with Crippen molar-refractivity contribution in [3.05, 3.63) is 41.3 Å². The number of benzene rings is 1. The van der Waals surface area contributed by atoms with Gasteiger partial charge < -0.3 is 4.74 Å². The van der Waals surface area contributed by atoms with Crippen LogP contribution in [-0.2, 0) is 28.9 Å². The molecule has 2 aliphatic rings. The second kappa shape index (κ2) is 11.4. The molecule has 35 heavy (non-hydrogen) atoms. The lowest BCUT2D eigenvalue weighted by atomic mass is 9.94. The van der Waals surface area contributed by atoms with Crippen LogP contribution in [0.5, 0.6) is 0 Å². The van der Waals surface area contributed by atoms with Gasteiger partial charge in [0.2, 0.25) is 11.8 Å². The van der Waals surface area contributed by atoms with Crippen LogP contribution >= 0.6 is 23.7 Å². The number of hydrogen-bond donors (Lipinski definition) is 2. The van der Waals surface area contributed by atoms with E-state index in [9.17, 15) is 18.0 Å². The van der Waals surface area contributed by atoms with Gasteiger partial charge in [-0.25, -0.2) is 23.9 Å². The predicted molar refractivity (Wildman–Crippen MR) is 136 cm³/mol. The quantitative estimate of drug-likeness (QED) is 0.424. The van der Waals surface area contributed by atoms with E-state index in [0.717, 1.165) is 16.1 Å². The number of ether oxygens (including phenoxy) is 1. The summed E-state index contributed by atoms with van der Waals surface area (Å²) in [6, 6.07) is 11.2. The van der Waals surface area contributed by atoms with Crippen LogP contribution in [-0.4, -0.2) is 62.5 Å². The summed E-state index contributed by atoms with van der Waals surface area (Å²) in [7, 11) is -3.59. The average molecular weight is 544 g/mol. The number of hydroxylamine groups is 1. The molecule has 1 atom stereocenters. The molecule has 2 N–H and O–H groups in total. The number of nitrogens with zero attached hydrogens (tertiary/aromatic N) is 2. The molecule has 4 rings (SSSR count). The van der Waals surface area contributed by atoms with Gasteiger partial charge in [0.25, 0.3) is 0 Å². The van der Waals surface area contributed by atoms with E-state index in [1.54, 1.807) is 16.6 Å². The highest BCUT2D eigenvalue weighted by Crippen LogP contribution is 2.47. The summed E-state index contributed by atoms with van der Waals surface area (Å²) in [6.45, 7) is 3.85. The highest BCUT2D eigenvalue weighted by molar-refractivity contribution is 7.92. The molecule has 12 heteroatoms. The van der Waals surface area contributed by atoms with Crippen LogP contribution in [0.2, 0.25) is 0 Å². The third kappa shape index (κ3) is 5.55. The molecule has 2 saturated heterocycles. The van der Waals surface area contributed by atoms with E-state index in [2.05, 4.69) is 0 Å². The Bertz CT molecular complexity index is 1170. The summed E-state index contributed by atoms with van der Waals surface area (Å²) in [5, 5.41) is 12.7. The van der Waals surface area contributed by atoms with Gasteiger partial charge in [-0.1, -0.05) is 18.6 Å². The maximum absolute atomic E-state index is 13.2. The van der Waals surface area contributed by atoms with Crippen LogP contribution in [0.25, 0.3) is 10.4 Å². The van der Waals surface area contributed by atoms with Gasteiger partial charge in [-0.05, 0) is 42.7 Å². The fourth-order valence-corrected chi connectivity index (χ4v) is 8.52.